The van der Waals surface area contributed by atoms with Crippen LogP contribution in [0.1, 0.15) is 24.3 Å². The SMILES string of the molecule is O=C(NCCCc1nc2ccccc2s1)N1CCC(CN2CCOCC2)CC1. The van der Waals surface area contributed by atoms with Crippen LogP contribution in [0.3, 0.4) is 0 Å². The molecule has 2 aliphatic rings. The summed E-state index contributed by atoms with van der Waals surface area (Å²) in [6.45, 7) is 7.43. The molecule has 1 aromatic heterocycles. The molecule has 7 heteroatoms. The van der Waals surface area contributed by atoms with Crippen molar-refractivity contribution in [1.82, 2.24) is 20.1 Å². The van der Waals surface area contributed by atoms with E-state index in [4.69, 9.17) is 4.74 Å². The van der Waals surface area contributed by atoms with E-state index in [2.05, 4.69) is 33.4 Å². The summed E-state index contributed by atoms with van der Waals surface area (Å²) >= 11 is 1.75. The molecule has 3 heterocycles. The van der Waals surface area contributed by atoms with E-state index >= 15 is 0 Å². The summed E-state index contributed by atoms with van der Waals surface area (Å²) in [6.07, 6.45) is 4.06. The molecule has 2 aliphatic heterocycles. The predicted molar refractivity (Wildman–Crippen MR) is 113 cm³/mol. The van der Waals surface area contributed by atoms with Crippen LogP contribution in [0.4, 0.5) is 4.79 Å². The highest BCUT2D eigenvalue weighted by molar-refractivity contribution is 7.18. The third kappa shape index (κ3) is 5.21. The molecule has 1 N–H and O–H groups in total. The number of aromatic nitrogens is 1. The smallest absolute Gasteiger partial charge is 0.317 e. The van der Waals surface area contributed by atoms with Gasteiger partial charge in [0.15, 0.2) is 0 Å². The Morgan fingerprint density at radius 3 is 2.75 bits per heavy atom. The number of piperidine rings is 1. The third-order valence-electron chi connectivity index (χ3n) is 5.70. The van der Waals surface area contributed by atoms with E-state index in [1.165, 1.54) is 4.70 Å². The van der Waals surface area contributed by atoms with Gasteiger partial charge in [0.2, 0.25) is 0 Å². The maximum atomic E-state index is 12.4. The molecular formula is C21H30N4O2S. The van der Waals surface area contributed by atoms with Gasteiger partial charge in [-0.1, -0.05) is 12.1 Å². The molecule has 0 atom stereocenters. The fourth-order valence-electron chi connectivity index (χ4n) is 4.04. The zero-order valence-electron chi connectivity index (χ0n) is 16.4. The first-order valence-electron chi connectivity index (χ1n) is 10.5. The summed E-state index contributed by atoms with van der Waals surface area (Å²) in [5.74, 6) is 0.709. The van der Waals surface area contributed by atoms with Crippen molar-refractivity contribution in [3.8, 4) is 0 Å². The molecule has 0 saturated carbocycles. The van der Waals surface area contributed by atoms with Crippen molar-refractivity contribution >= 4 is 27.6 Å². The molecule has 1 aromatic carbocycles. The van der Waals surface area contributed by atoms with Crippen LogP contribution in [-0.4, -0.2) is 73.3 Å². The molecule has 0 aliphatic carbocycles. The Kier molecular flexibility index (Phi) is 6.77. The van der Waals surface area contributed by atoms with E-state index in [1.54, 1.807) is 11.3 Å². The second-order valence-electron chi connectivity index (χ2n) is 7.75. The van der Waals surface area contributed by atoms with Crippen LogP contribution in [0.15, 0.2) is 24.3 Å². The van der Waals surface area contributed by atoms with Gasteiger partial charge in [0, 0.05) is 45.7 Å². The van der Waals surface area contributed by atoms with Crippen LogP contribution >= 0.6 is 11.3 Å². The average Bonchev–Trinajstić information content (AvgIpc) is 3.15. The van der Waals surface area contributed by atoms with Gasteiger partial charge in [-0.2, -0.15) is 0 Å². The van der Waals surface area contributed by atoms with Gasteiger partial charge in [0.1, 0.15) is 0 Å². The van der Waals surface area contributed by atoms with Crippen molar-refractivity contribution in [3.05, 3.63) is 29.3 Å². The monoisotopic (exact) mass is 402 g/mol. The standard InChI is InChI=1S/C21H30N4O2S/c26-21(22-9-3-6-20-23-18-4-1-2-5-19(18)28-20)25-10-7-17(8-11-25)16-24-12-14-27-15-13-24/h1-2,4-5,17H,3,6-16H2,(H,22,26). The van der Waals surface area contributed by atoms with Gasteiger partial charge in [0.05, 0.1) is 28.4 Å². The van der Waals surface area contributed by atoms with Crippen LogP contribution in [0.25, 0.3) is 10.2 Å². The van der Waals surface area contributed by atoms with Crippen LogP contribution in [0.5, 0.6) is 0 Å². The highest BCUT2D eigenvalue weighted by Crippen LogP contribution is 2.22. The summed E-state index contributed by atoms with van der Waals surface area (Å²) in [4.78, 5) is 21.6. The Labute approximate surface area is 170 Å². The molecule has 2 aromatic rings. The number of rotatable bonds is 6. The number of carbonyl (C=O) groups is 1. The minimum Gasteiger partial charge on any atom is -0.379 e. The second-order valence-corrected chi connectivity index (χ2v) is 8.87. The van der Waals surface area contributed by atoms with E-state index in [0.717, 1.165) is 82.1 Å². The normalized spacial score (nSPS) is 19.2. The van der Waals surface area contributed by atoms with Crippen molar-refractivity contribution in [1.29, 1.82) is 0 Å². The molecule has 152 valence electrons. The lowest BCUT2D eigenvalue weighted by Crippen LogP contribution is -2.47. The first-order valence-corrected chi connectivity index (χ1v) is 11.3. The molecule has 6 nitrogen and oxygen atoms in total. The molecule has 0 spiro atoms. The maximum Gasteiger partial charge on any atom is 0.317 e. The Morgan fingerprint density at radius 1 is 1.18 bits per heavy atom. The van der Waals surface area contributed by atoms with Crippen molar-refractivity contribution in [2.45, 2.75) is 25.7 Å². The van der Waals surface area contributed by atoms with Crippen molar-refractivity contribution in [2.24, 2.45) is 5.92 Å². The molecule has 28 heavy (non-hydrogen) atoms. The Bertz CT molecular complexity index is 734. The Hall–Kier alpha value is -1.70. The lowest BCUT2D eigenvalue weighted by Gasteiger charge is -2.36. The second kappa shape index (κ2) is 9.67. The number of aryl methyl sites for hydroxylation is 1. The number of benzene rings is 1. The number of nitrogens with zero attached hydrogens (tertiary/aromatic N) is 3. The number of hydrogen-bond acceptors (Lipinski definition) is 5. The van der Waals surface area contributed by atoms with Gasteiger partial charge in [-0.3, -0.25) is 4.90 Å². The largest absolute Gasteiger partial charge is 0.379 e. The summed E-state index contributed by atoms with van der Waals surface area (Å²) in [7, 11) is 0. The van der Waals surface area contributed by atoms with Crippen LogP contribution in [-0.2, 0) is 11.2 Å². The van der Waals surface area contributed by atoms with Gasteiger partial charge in [-0.25, -0.2) is 9.78 Å². The predicted octanol–water partition coefficient (Wildman–Crippen LogP) is 2.98. The first kappa shape index (κ1) is 19.6. The number of ether oxygens (including phenoxy) is 1. The van der Waals surface area contributed by atoms with E-state index in [-0.39, 0.29) is 6.03 Å². The maximum absolute atomic E-state index is 12.4. The van der Waals surface area contributed by atoms with Gasteiger partial charge in [-0.15, -0.1) is 11.3 Å². The Balaban J connectivity index is 1.13. The molecule has 0 radical (unpaired) electrons. The molecule has 4 rings (SSSR count). The van der Waals surface area contributed by atoms with Crippen LogP contribution < -0.4 is 5.32 Å². The molecular weight excluding hydrogens is 372 g/mol. The van der Waals surface area contributed by atoms with Gasteiger partial charge in [0.25, 0.3) is 0 Å². The highest BCUT2D eigenvalue weighted by Gasteiger charge is 2.24. The molecule has 2 amide bonds. The van der Waals surface area contributed by atoms with E-state index in [9.17, 15) is 4.79 Å². The van der Waals surface area contributed by atoms with Crippen LogP contribution in [0.2, 0.25) is 0 Å². The minimum atomic E-state index is 0.0918. The van der Waals surface area contributed by atoms with Crippen molar-refractivity contribution in [2.75, 3.05) is 52.5 Å². The first-order chi connectivity index (χ1) is 13.8. The number of amides is 2. The zero-order chi connectivity index (χ0) is 19.2. The van der Waals surface area contributed by atoms with E-state index < -0.39 is 0 Å². The van der Waals surface area contributed by atoms with Crippen LogP contribution in [0, 0.1) is 5.92 Å². The summed E-state index contributed by atoms with van der Waals surface area (Å²) in [6, 6.07) is 8.33. The van der Waals surface area contributed by atoms with E-state index in [1.807, 2.05) is 11.0 Å². The van der Waals surface area contributed by atoms with Gasteiger partial charge >= 0.3 is 6.03 Å². The lowest BCUT2D eigenvalue weighted by molar-refractivity contribution is 0.0258. The number of nitrogens with one attached hydrogen (secondary N) is 1. The third-order valence-corrected chi connectivity index (χ3v) is 6.80. The number of morpholine rings is 1. The van der Waals surface area contributed by atoms with Crippen molar-refractivity contribution in [3.63, 3.8) is 0 Å². The summed E-state index contributed by atoms with van der Waals surface area (Å²) in [5.41, 5.74) is 1.08. The Morgan fingerprint density at radius 2 is 1.96 bits per heavy atom. The number of likely N-dealkylation sites (tertiary alicyclic amines) is 1. The quantitative estimate of drug-likeness (QED) is 0.755. The molecule has 0 bridgehead atoms. The number of urea groups is 1. The fraction of sp³-hybridized carbons (Fsp3) is 0.619. The molecule has 0 unspecified atom stereocenters. The summed E-state index contributed by atoms with van der Waals surface area (Å²) in [5, 5.41) is 4.24. The zero-order valence-corrected chi connectivity index (χ0v) is 17.3. The van der Waals surface area contributed by atoms with Gasteiger partial charge < -0.3 is 15.0 Å². The van der Waals surface area contributed by atoms with E-state index in [0.29, 0.717) is 12.5 Å². The highest BCUT2D eigenvalue weighted by atomic mass is 32.1. The lowest BCUT2D eigenvalue weighted by atomic mass is 9.96. The topological polar surface area (TPSA) is 57.7 Å². The van der Waals surface area contributed by atoms with Crippen molar-refractivity contribution < 1.29 is 9.53 Å². The number of thiazole rings is 1. The fourth-order valence-corrected chi connectivity index (χ4v) is 5.05. The molecule has 2 saturated heterocycles. The minimum absolute atomic E-state index is 0.0918. The number of hydrogen-bond donors (Lipinski definition) is 1. The molecule has 2 fully saturated rings. The number of fused-ring (bicyclic) bond motifs is 1. The number of carbonyl (C=O) groups excluding carboxylic acids is 1. The van der Waals surface area contributed by atoms with Gasteiger partial charge in [-0.05, 0) is 37.3 Å². The average molecular weight is 403 g/mol. The number of para-hydroxylation sites is 1. The summed E-state index contributed by atoms with van der Waals surface area (Å²) < 4.78 is 6.66.